The van der Waals surface area contributed by atoms with Crippen molar-refractivity contribution in [1.29, 1.82) is 0 Å². The summed E-state index contributed by atoms with van der Waals surface area (Å²) in [6.07, 6.45) is 3.39. The van der Waals surface area contributed by atoms with Crippen molar-refractivity contribution in [1.82, 2.24) is 9.88 Å². The monoisotopic (exact) mass is 362 g/mol. The van der Waals surface area contributed by atoms with E-state index in [-0.39, 0.29) is 6.04 Å². The Bertz CT molecular complexity index is 439. The maximum atomic E-state index is 11.1. The third kappa shape index (κ3) is 3.05. The zero-order valence-electron chi connectivity index (χ0n) is 9.07. The van der Waals surface area contributed by atoms with E-state index in [2.05, 4.69) is 36.8 Å². The van der Waals surface area contributed by atoms with Crippen LogP contribution in [0.25, 0.3) is 0 Å². The van der Waals surface area contributed by atoms with Gasteiger partial charge in [0.05, 0.1) is 5.69 Å². The van der Waals surface area contributed by atoms with Crippen LogP contribution in [0.5, 0.6) is 0 Å². The van der Waals surface area contributed by atoms with Crippen LogP contribution in [-0.2, 0) is 11.3 Å². The van der Waals surface area contributed by atoms with E-state index >= 15 is 0 Å². The molecule has 0 aliphatic carbocycles. The number of hydrogen-bond acceptors (Lipinski definition) is 3. The number of carboxylic acid groups (broad SMARTS) is 1. The topological polar surface area (TPSA) is 53.4 Å². The van der Waals surface area contributed by atoms with Crippen molar-refractivity contribution >= 4 is 37.8 Å². The van der Waals surface area contributed by atoms with Gasteiger partial charge < -0.3 is 5.11 Å². The molecule has 1 atom stereocenters. The van der Waals surface area contributed by atoms with E-state index in [0.29, 0.717) is 6.54 Å². The molecular weight excluding hydrogens is 352 g/mol. The fourth-order valence-electron chi connectivity index (χ4n) is 2.05. The molecule has 1 aromatic heterocycles. The lowest BCUT2D eigenvalue weighted by Gasteiger charge is -2.20. The van der Waals surface area contributed by atoms with E-state index in [1.807, 2.05) is 11.0 Å². The summed E-state index contributed by atoms with van der Waals surface area (Å²) in [5, 5.41) is 9.09. The van der Waals surface area contributed by atoms with Crippen LogP contribution >= 0.6 is 31.9 Å². The van der Waals surface area contributed by atoms with Gasteiger partial charge in [-0.15, -0.1) is 0 Å². The van der Waals surface area contributed by atoms with Gasteiger partial charge in [-0.05, 0) is 57.3 Å². The first-order valence-electron chi connectivity index (χ1n) is 5.34. The standard InChI is InChI=1S/C11H12Br2N2O2/c12-7-4-8(13)9(14-5-7)6-15-3-1-2-10(15)11(16)17/h4-5,10H,1-3,6H2,(H,16,17). The Kier molecular flexibility index (Phi) is 4.17. The fourth-order valence-corrected chi connectivity index (χ4v) is 3.16. The van der Waals surface area contributed by atoms with Gasteiger partial charge in [0.15, 0.2) is 0 Å². The SMILES string of the molecule is O=C(O)C1CCCN1Cc1ncc(Br)cc1Br. The predicted octanol–water partition coefficient (Wildman–Crippen LogP) is 2.66. The van der Waals surface area contributed by atoms with Crippen molar-refractivity contribution in [3.8, 4) is 0 Å². The molecule has 0 saturated carbocycles. The van der Waals surface area contributed by atoms with E-state index in [1.165, 1.54) is 0 Å². The van der Waals surface area contributed by atoms with Gasteiger partial charge in [-0.25, -0.2) is 0 Å². The molecule has 0 amide bonds. The summed E-state index contributed by atoms with van der Waals surface area (Å²) >= 11 is 6.79. The minimum Gasteiger partial charge on any atom is -0.480 e. The van der Waals surface area contributed by atoms with E-state index < -0.39 is 5.97 Å². The van der Waals surface area contributed by atoms with Crippen molar-refractivity contribution in [3.05, 3.63) is 26.9 Å². The maximum Gasteiger partial charge on any atom is 0.320 e. The minimum absolute atomic E-state index is 0.368. The zero-order chi connectivity index (χ0) is 12.4. The third-order valence-corrected chi connectivity index (χ3v) is 4.01. The number of hydrogen-bond donors (Lipinski definition) is 1. The average Bonchev–Trinajstić information content (AvgIpc) is 2.70. The van der Waals surface area contributed by atoms with Gasteiger partial charge in [0, 0.05) is 21.7 Å². The first kappa shape index (κ1) is 13.0. The van der Waals surface area contributed by atoms with E-state index in [0.717, 1.165) is 34.0 Å². The predicted molar refractivity (Wildman–Crippen MR) is 70.7 cm³/mol. The Labute approximate surface area is 116 Å². The molecule has 2 heterocycles. The summed E-state index contributed by atoms with van der Waals surface area (Å²) in [5.41, 5.74) is 0.876. The smallest absolute Gasteiger partial charge is 0.320 e. The molecule has 0 bridgehead atoms. The van der Waals surface area contributed by atoms with Crippen LogP contribution in [-0.4, -0.2) is 33.5 Å². The molecule has 1 unspecified atom stereocenters. The molecule has 0 aromatic carbocycles. The number of rotatable bonds is 3. The second-order valence-electron chi connectivity index (χ2n) is 4.05. The number of carbonyl (C=O) groups is 1. The van der Waals surface area contributed by atoms with Gasteiger partial charge >= 0.3 is 5.97 Å². The van der Waals surface area contributed by atoms with Crippen LogP contribution in [0, 0.1) is 0 Å². The number of pyridine rings is 1. The summed E-state index contributed by atoms with van der Waals surface area (Å²) in [6, 6.07) is 1.56. The van der Waals surface area contributed by atoms with Crippen LogP contribution in [0.2, 0.25) is 0 Å². The zero-order valence-corrected chi connectivity index (χ0v) is 12.2. The highest BCUT2D eigenvalue weighted by molar-refractivity contribution is 9.11. The van der Waals surface area contributed by atoms with Gasteiger partial charge in [-0.2, -0.15) is 0 Å². The van der Waals surface area contributed by atoms with Crippen LogP contribution in [0.15, 0.2) is 21.2 Å². The molecule has 92 valence electrons. The lowest BCUT2D eigenvalue weighted by Crippen LogP contribution is -2.35. The number of aliphatic carboxylic acids is 1. The molecule has 1 fully saturated rings. The number of aromatic nitrogens is 1. The molecule has 1 N–H and O–H groups in total. The highest BCUT2D eigenvalue weighted by Gasteiger charge is 2.30. The van der Waals surface area contributed by atoms with E-state index in [4.69, 9.17) is 5.11 Å². The second kappa shape index (κ2) is 5.46. The average molecular weight is 364 g/mol. The third-order valence-electron chi connectivity index (χ3n) is 2.89. The van der Waals surface area contributed by atoms with Crippen molar-refractivity contribution in [2.24, 2.45) is 0 Å². The molecule has 6 heteroatoms. The largest absolute Gasteiger partial charge is 0.480 e. The van der Waals surface area contributed by atoms with E-state index in [1.54, 1.807) is 6.20 Å². The fraction of sp³-hybridized carbons (Fsp3) is 0.455. The molecule has 0 radical (unpaired) electrons. The van der Waals surface area contributed by atoms with Gasteiger partial charge in [0.25, 0.3) is 0 Å². The molecule has 1 aliphatic heterocycles. The highest BCUT2D eigenvalue weighted by Crippen LogP contribution is 2.24. The molecule has 2 rings (SSSR count). The Morgan fingerprint density at radius 3 is 3.00 bits per heavy atom. The lowest BCUT2D eigenvalue weighted by molar-refractivity contribution is -0.142. The Morgan fingerprint density at radius 2 is 2.35 bits per heavy atom. The van der Waals surface area contributed by atoms with Crippen molar-refractivity contribution < 1.29 is 9.90 Å². The van der Waals surface area contributed by atoms with Crippen molar-refractivity contribution in [2.75, 3.05) is 6.54 Å². The normalized spacial score (nSPS) is 20.7. The maximum absolute atomic E-state index is 11.1. The summed E-state index contributed by atoms with van der Waals surface area (Å²) < 4.78 is 1.81. The second-order valence-corrected chi connectivity index (χ2v) is 5.82. The molecular formula is C11H12Br2N2O2. The molecule has 4 nitrogen and oxygen atoms in total. The quantitative estimate of drug-likeness (QED) is 0.896. The number of carboxylic acids is 1. The number of halogens is 2. The first-order valence-corrected chi connectivity index (χ1v) is 6.93. The number of nitrogens with zero attached hydrogens (tertiary/aromatic N) is 2. The molecule has 1 saturated heterocycles. The van der Waals surface area contributed by atoms with Gasteiger partial charge in [0.1, 0.15) is 6.04 Å². The van der Waals surface area contributed by atoms with Crippen LogP contribution in [0.4, 0.5) is 0 Å². The molecule has 1 aliphatic rings. The molecule has 0 spiro atoms. The van der Waals surface area contributed by atoms with Crippen LogP contribution in [0.1, 0.15) is 18.5 Å². The number of likely N-dealkylation sites (tertiary alicyclic amines) is 1. The Hall–Kier alpha value is -0.460. The van der Waals surface area contributed by atoms with Gasteiger partial charge in [0.2, 0.25) is 0 Å². The van der Waals surface area contributed by atoms with Crippen molar-refractivity contribution in [3.63, 3.8) is 0 Å². The summed E-state index contributed by atoms with van der Waals surface area (Å²) in [7, 11) is 0. The Morgan fingerprint density at radius 1 is 1.59 bits per heavy atom. The minimum atomic E-state index is -0.740. The van der Waals surface area contributed by atoms with Gasteiger partial charge in [-0.1, -0.05) is 0 Å². The summed E-state index contributed by atoms with van der Waals surface area (Å²) in [6.45, 7) is 1.39. The lowest BCUT2D eigenvalue weighted by atomic mass is 10.2. The molecule has 17 heavy (non-hydrogen) atoms. The van der Waals surface area contributed by atoms with Crippen molar-refractivity contribution in [2.45, 2.75) is 25.4 Å². The van der Waals surface area contributed by atoms with Crippen LogP contribution < -0.4 is 0 Å². The van der Waals surface area contributed by atoms with Gasteiger partial charge in [-0.3, -0.25) is 14.7 Å². The van der Waals surface area contributed by atoms with Crippen LogP contribution in [0.3, 0.4) is 0 Å². The molecule has 1 aromatic rings. The highest BCUT2D eigenvalue weighted by atomic mass is 79.9. The first-order chi connectivity index (χ1) is 8.08. The van der Waals surface area contributed by atoms with E-state index in [9.17, 15) is 4.79 Å². The summed E-state index contributed by atoms with van der Waals surface area (Å²) in [5.74, 6) is -0.740. The Balaban J connectivity index is 2.12. The summed E-state index contributed by atoms with van der Waals surface area (Å²) in [4.78, 5) is 17.3.